The fourth-order valence-electron chi connectivity index (χ4n) is 1.31. The van der Waals surface area contributed by atoms with E-state index in [4.69, 9.17) is 5.73 Å². The molecule has 2 amide bonds. The minimum Gasteiger partial charge on any atom is -0.337 e. The molecular formula is C12H19N3O2S. The van der Waals surface area contributed by atoms with Crippen molar-refractivity contribution in [1.82, 2.24) is 5.32 Å². The number of hydrogen-bond acceptors (Lipinski definition) is 3. The molecule has 0 bridgehead atoms. The third kappa shape index (κ3) is 4.85. The Bertz CT molecular complexity index is 437. The van der Waals surface area contributed by atoms with Crippen LogP contribution in [-0.4, -0.2) is 28.3 Å². The minimum atomic E-state index is -0.937. The van der Waals surface area contributed by atoms with E-state index in [9.17, 15) is 9.00 Å². The first kappa shape index (κ1) is 14.7. The fourth-order valence-corrected chi connectivity index (χ4v) is 1.62. The highest BCUT2D eigenvalue weighted by Crippen LogP contribution is 2.09. The number of rotatable bonds is 5. The first-order valence-electron chi connectivity index (χ1n) is 5.69. The number of hydrogen-bond donors (Lipinski definition) is 3. The molecular weight excluding hydrogens is 250 g/mol. The number of nitrogens with two attached hydrogens (primary N) is 1. The van der Waals surface area contributed by atoms with E-state index in [1.165, 1.54) is 0 Å². The lowest BCUT2D eigenvalue weighted by Crippen LogP contribution is -2.35. The maximum atomic E-state index is 11.6. The highest BCUT2D eigenvalue weighted by Gasteiger charge is 2.08. The quantitative estimate of drug-likeness (QED) is 0.746. The van der Waals surface area contributed by atoms with Gasteiger partial charge in [-0.3, -0.25) is 4.21 Å². The van der Waals surface area contributed by atoms with Gasteiger partial charge in [-0.1, -0.05) is 12.1 Å². The van der Waals surface area contributed by atoms with E-state index in [0.717, 1.165) is 5.56 Å². The Kier molecular flexibility index (Phi) is 5.80. The Morgan fingerprint density at radius 3 is 2.83 bits per heavy atom. The zero-order valence-electron chi connectivity index (χ0n) is 10.6. The van der Waals surface area contributed by atoms with Gasteiger partial charge < -0.3 is 16.4 Å². The first-order valence-corrected chi connectivity index (χ1v) is 7.31. The lowest BCUT2D eigenvalue weighted by Gasteiger charge is -2.11. The summed E-state index contributed by atoms with van der Waals surface area (Å²) in [5, 5.41) is 5.32. The molecule has 0 aromatic heterocycles. The van der Waals surface area contributed by atoms with Crippen LogP contribution in [0.5, 0.6) is 0 Å². The van der Waals surface area contributed by atoms with Crippen molar-refractivity contribution in [3.63, 3.8) is 0 Å². The van der Waals surface area contributed by atoms with Gasteiger partial charge in [-0.05, 0) is 24.6 Å². The molecule has 0 aliphatic heterocycles. The molecule has 0 aliphatic carbocycles. The van der Waals surface area contributed by atoms with E-state index >= 15 is 0 Å². The molecule has 0 spiro atoms. The van der Waals surface area contributed by atoms with Crippen LogP contribution < -0.4 is 16.4 Å². The van der Waals surface area contributed by atoms with E-state index in [1.54, 1.807) is 12.3 Å². The topological polar surface area (TPSA) is 84.2 Å². The van der Waals surface area contributed by atoms with Crippen molar-refractivity contribution in [3.8, 4) is 0 Å². The summed E-state index contributed by atoms with van der Waals surface area (Å²) in [6, 6.07) is 7.04. The van der Waals surface area contributed by atoms with Gasteiger partial charge in [-0.15, -0.1) is 0 Å². The molecule has 1 rings (SSSR count). The average molecular weight is 269 g/mol. The second kappa shape index (κ2) is 7.13. The highest BCUT2D eigenvalue weighted by atomic mass is 32.2. The number of urea groups is 1. The molecule has 0 saturated heterocycles. The van der Waals surface area contributed by atoms with Crippen molar-refractivity contribution < 1.29 is 9.00 Å². The predicted molar refractivity (Wildman–Crippen MR) is 74.9 cm³/mol. The van der Waals surface area contributed by atoms with Gasteiger partial charge >= 0.3 is 6.03 Å². The number of carbonyl (C=O) groups excluding carboxylic acids is 1. The first-order chi connectivity index (χ1) is 8.52. The normalized spacial score (nSPS) is 13.7. The maximum Gasteiger partial charge on any atom is 0.319 e. The number of nitrogens with one attached hydrogen (secondary N) is 2. The molecule has 1 aromatic rings. The van der Waals surface area contributed by atoms with Crippen LogP contribution in [0.15, 0.2) is 24.3 Å². The molecule has 4 N–H and O–H groups in total. The summed E-state index contributed by atoms with van der Waals surface area (Å²) >= 11 is 0. The summed E-state index contributed by atoms with van der Waals surface area (Å²) in [6.07, 6.45) is 1.62. The summed E-state index contributed by atoms with van der Waals surface area (Å²) < 4.78 is 11.1. The number of amides is 2. The van der Waals surface area contributed by atoms with Gasteiger partial charge in [0, 0.05) is 41.1 Å². The summed E-state index contributed by atoms with van der Waals surface area (Å²) in [7, 11) is -0.937. The molecule has 0 heterocycles. The predicted octanol–water partition coefficient (Wildman–Crippen LogP) is 1.03. The lowest BCUT2D eigenvalue weighted by atomic mass is 10.2. The molecule has 100 valence electrons. The van der Waals surface area contributed by atoms with E-state index in [-0.39, 0.29) is 11.3 Å². The van der Waals surface area contributed by atoms with Gasteiger partial charge in [0.2, 0.25) is 0 Å². The molecule has 6 heteroatoms. The Morgan fingerprint density at radius 1 is 1.50 bits per heavy atom. The van der Waals surface area contributed by atoms with Gasteiger partial charge in [-0.2, -0.15) is 0 Å². The van der Waals surface area contributed by atoms with Crippen molar-refractivity contribution in [3.05, 3.63) is 29.8 Å². The monoisotopic (exact) mass is 269 g/mol. The van der Waals surface area contributed by atoms with Crippen molar-refractivity contribution in [2.75, 3.05) is 18.1 Å². The Hall–Kier alpha value is -1.40. The van der Waals surface area contributed by atoms with Gasteiger partial charge in [0.1, 0.15) is 0 Å². The lowest BCUT2D eigenvalue weighted by molar-refractivity contribution is 0.252. The van der Waals surface area contributed by atoms with Crippen molar-refractivity contribution in [2.45, 2.75) is 18.7 Å². The Labute approximate surface area is 110 Å². The molecule has 18 heavy (non-hydrogen) atoms. The van der Waals surface area contributed by atoms with E-state index in [2.05, 4.69) is 10.6 Å². The minimum absolute atomic E-state index is 0.0638. The molecule has 0 aliphatic rings. The van der Waals surface area contributed by atoms with Crippen LogP contribution in [0.25, 0.3) is 0 Å². The molecule has 2 unspecified atom stereocenters. The van der Waals surface area contributed by atoms with E-state index in [0.29, 0.717) is 18.8 Å². The summed E-state index contributed by atoms with van der Waals surface area (Å²) in [5.74, 6) is 0. The highest BCUT2D eigenvalue weighted by molar-refractivity contribution is 7.84. The molecule has 2 atom stereocenters. The molecule has 0 radical (unpaired) electrons. The summed E-state index contributed by atoms with van der Waals surface area (Å²) in [4.78, 5) is 11.6. The Balaban J connectivity index is 2.46. The third-order valence-corrected chi connectivity index (χ3v) is 3.84. The number of benzene rings is 1. The van der Waals surface area contributed by atoms with Crippen LogP contribution in [-0.2, 0) is 17.3 Å². The Morgan fingerprint density at radius 2 is 2.22 bits per heavy atom. The molecule has 0 saturated carbocycles. The van der Waals surface area contributed by atoms with E-state index in [1.807, 2.05) is 25.1 Å². The van der Waals surface area contributed by atoms with Gasteiger partial charge in [0.15, 0.2) is 0 Å². The van der Waals surface area contributed by atoms with Gasteiger partial charge in [0.05, 0.1) is 0 Å². The van der Waals surface area contributed by atoms with E-state index < -0.39 is 10.8 Å². The van der Waals surface area contributed by atoms with Crippen molar-refractivity contribution in [2.24, 2.45) is 5.73 Å². The van der Waals surface area contributed by atoms with Gasteiger partial charge in [-0.25, -0.2) is 4.79 Å². The fraction of sp³-hybridized carbons (Fsp3) is 0.417. The summed E-state index contributed by atoms with van der Waals surface area (Å²) in [5.41, 5.74) is 7.17. The van der Waals surface area contributed by atoms with Crippen molar-refractivity contribution >= 4 is 22.5 Å². The van der Waals surface area contributed by atoms with Crippen LogP contribution in [0.4, 0.5) is 10.5 Å². The number of carbonyl (C=O) groups is 1. The van der Waals surface area contributed by atoms with Crippen molar-refractivity contribution in [1.29, 1.82) is 0 Å². The largest absolute Gasteiger partial charge is 0.337 e. The average Bonchev–Trinajstić information content (AvgIpc) is 2.36. The maximum absolute atomic E-state index is 11.6. The third-order valence-electron chi connectivity index (χ3n) is 2.54. The van der Waals surface area contributed by atoms with Crippen LogP contribution in [0.2, 0.25) is 0 Å². The van der Waals surface area contributed by atoms with Crippen LogP contribution in [0, 0.1) is 0 Å². The van der Waals surface area contributed by atoms with Crippen LogP contribution in [0.1, 0.15) is 12.5 Å². The number of anilines is 1. The molecule has 1 aromatic carbocycles. The zero-order chi connectivity index (χ0) is 13.5. The zero-order valence-corrected chi connectivity index (χ0v) is 11.4. The second-order valence-corrected chi connectivity index (χ2v) is 5.85. The SMILES string of the molecule is CC(CNC(=O)Nc1cccc(CN)c1)S(C)=O. The molecule has 0 fully saturated rings. The smallest absolute Gasteiger partial charge is 0.319 e. The standard InChI is InChI=1S/C12H19N3O2S/c1-9(18(2)17)8-14-12(16)15-11-5-3-4-10(6-11)7-13/h3-6,9H,7-8,13H2,1-2H3,(H2,14,15,16). The van der Waals surface area contributed by atoms with Crippen LogP contribution >= 0.6 is 0 Å². The van der Waals surface area contributed by atoms with Crippen LogP contribution in [0.3, 0.4) is 0 Å². The molecule has 5 nitrogen and oxygen atoms in total. The summed E-state index contributed by atoms with van der Waals surface area (Å²) in [6.45, 7) is 2.64. The second-order valence-electron chi connectivity index (χ2n) is 4.05. The van der Waals surface area contributed by atoms with Gasteiger partial charge in [0.25, 0.3) is 0 Å².